The molecule has 1 aromatic heterocycles. The lowest BCUT2D eigenvalue weighted by molar-refractivity contribution is 0.105. The molecule has 4 heteroatoms. The molecule has 0 aliphatic heterocycles. The zero-order valence-corrected chi connectivity index (χ0v) is 12.2. The summed E-state index contributed by atoms with van der Waals surface area (Å²) in [4.78, 5) is 8.29. The van der Waals surface area contributed by atoms with Crippen LogP contribution in [0, 0.1) is 22.2 Å². The summed E-state index contributed by atoms with van der Waals surface area (Å²) in [5, 5.41) is 12.5. The average Bonchev–Trinajstić information content (AvgIpc) is 2.25. The Balaban J connectivity index is 2.17. The molecule has 0 bridgehead atoms. The molecule has 1 N–H and O–H groups in total. The van der Waals surface area contributed by atoms with Gasteiger partial charge in [0.05, 0.1) is 0 Å². The minimum atomic E-state index is 0.314. The van der Waals surface area contributed by atoms with E-state index in [0.717, 1.165) is 12.8 Å². The van der Waals surface area contributed by atoms with Gasteiger partial charge in [-0.15, -0.1) is 0 Å². The van der Waals surface area contributed by atoms with Crippen LogP contribution in [-0.4, -0.2) is 16.0 Å². The number of anilines is 1. The smallest absolute Gasteiger partial charge is 0.182 e. The summed E-state index contributed by atoms with van der Waals surface area (Å²) in [6.07, 6.45) is 6.60. The van der Waals surface area contributed by atoms with Crippen molar-refractivity contribution in [3.63, 3.8) is 0 Å². The van der Waals surface area contributed by atoms with Crippen LogP contribution in [-0.2, 0) is 0 Å². The molecule has 1 saturated carbocycles. The van der Waals surface area contributed by atoms with Crippen molar-refractivity contribution < 1.29 is 0 Å². The van der Waals surface area contributed by atoms with Crippen molar-refractivity contribution in [1.29, 1.82) is 5.26 Å². The molecule has 0 amide bonds. The molecule has 0 saturated heterocycles. The molecule has 1 aliphatic rings. The zero-order chi connectivity index (χ0) is 14.1. The molecule has 1 aromatic rings. The number of rotatable bonds is 2. The van der Waals surface area contributed by atoms with Crippen LogP contribution in [0.4, 0.5) is 5.82 Å². The molecule has 0 spiro atoms. The van der Waals surface area contributed by atoms with Gasteiger partial charge in [0.15, 0.2) is 11.5 Å². The van der Waals surface area contributed by atoms with E-state index in [1.165, 1.54) is 6.42 Å². The van der Waals surface area contributed by atoms with Gasteiger partial charge >= 0.3 is 0 Å². The first-order valence-corrected chi connectivity index (χ1v) is 6.79. The first-order chi connectivity index (χ1) is 8.81. The Hall–Kier alpha value is -1.63. The highest BCUT2D eigenvalue weighted by Gasteiger charge is 2.38. The Kier molecular flexibility index (Phi) is 3.49. The minimum Gasteiger partial charge on any atom is -0.365 e. The second kappa shape index (κ2) is 4.80. The van der Waals surface area contributed by atoms with Crippen LogP contribution in [0.2, 0.25) is 0 Å². The maximum atomic E-state index is 9.06. The third-order valence-electron chi connectivity index (χ3n) is 3.70. The van der Waals surface area contributed by atoms with Crippen molar-refractivity contribution in [3.8, 4) is 6.07 Å². The van der Waals surface area contributed by atoms with E-state index in [-0.39, 0.29) is 0 Å². The molecule has 102 valence electrons. The van der Waals surface area contributed by atoms with Crippen LogP contribution in [0.25, 0.3) is 0 Å². The van der Waals surface area contributed by atoms with Gasteiger partial charge in [-0.05, 0) is 30.1 Å². The molecular weight excluding hydrogens is 236 g/mol. The van der Waals surface area contributed by atoms with Crippen LogP contribution < -0.4 is 5.32 Å². The Morgan fingerprint density at radius 2 is 1.74 bits per heavy atom. The van der Waals surface area contributed by atoms with E-state index in [9.17, 15) is 0 Å². The Morgan fingerprint density at radius 3 is 2.32 bits per heavy atom. The third-order valence-corrected chi connectivity index (χ3v) is 3.70. The molecule has 19 heavy (non-hydrogen) atoms. The maximum Gasteiger partial charge on any atom is 0.182 e. The number of nitrogens with one attached hydrogen (secondary N) is 1. The first kappa shape index (κ1) is 13.8. The number of hydrogen-bond donors (Lipinski definition) is 1. The standard InChI is InChI=1S/C15H22N4/c1-14(2)7-11(8-15(3,4)10-14)19-13-12(9-16)17-5-6-18-13/h5-6,11H,7-8,10H2,1-4H3,(H,18,19). The molecule has 1 heterocycles. The van der Waals surface area contributed by atoms with Crippen LogP contribution in [0.3, 0.4) is 0 Å². The highest BCUT2D eigenvalue weighted by atomic mass is 15.0. The molecule has 0 unspecified atom stereocenters. The van der Waals surface area contributed by atoms with E-state index in [0.29, 0.717) is 28.4 Å². The van der Waals surface area contributed by atoms with Crippen LogP contribution in [0.5, 0.6) is 0 Å². The van der Waals surface area contributed by atoms with Gasteiger partial charge in [0, 0.05) is 18.4 Å². The van der Waals surface area contributed by atoms with Gasteiger partial charge in [-0.2, -0.15) is 5.26 Å². The maximum absolute atomic E-state index is 9.06. The van der Waals surface area contributed by atoms with Gasteiger partial charge in [-0.25, -0.2) is 9.97 Å². The van der Waals surface area contributed by atoms with E-state index in [4.69, 9.17) is 5.26 Å². The predicted octanol–water partition coefficient (Wildman–Crippen LogP) is 3.37. The van der Waals surface area contributed by atoms with E-state index in [1.54, 1.807) is 12.4 Å². The summed E-state index contributed by atoms with van der Waals surface area (Å²) in [6.45, 7) is 9.24. The fraction of sp³-hybridized carbons (Fsp3) is 0.667. The fourth-order valence-electron chi connectivity index (χ4n) is 3.67. The van der Waals surface area contributed by atoms with Gasteiger partial charge in [0.25, 0.3) is 0 Å². The monoisotopic (exact) mass is 258 g/mol. The number of nitrogens with zero attached hydrogens (tertiary/aromatic N) is 3. The van der Waals surface area contributed by atoms with Gasteiger partial charge in [0.1, 0.15) is 6.07 Å². The van der Waals surface area contributed by atoms with Crippen molar-refractivity contribution >= 4 is 5.82 Å². The predicted molar refractivity (Wildman–Crippen MR) is 75.6 cm³/mol. The summed E-state index contributed by atoms with van der Waals surface area (Å²) >= 11 is 0. The second-order valence-electron chi connectivity index (χ2n) is 7.12. The van der Waals surface area contributed by atoms with Crippen molar-refractivity contribution in [2.45, 2.75) is 53.0 Å². The Labute approximate surface area is 115 Å². The molecule has 1 aliphatic carbocycles. The SMILES string of the molecule is CC1(C)CC(Nc2nccnc2C#N)CC(C)(C)C1. The van der Waals surface area contributed by atoms with Crippen LogP contribution >= 0.6 is 0 Å². The van der Waals surface area contributed by atoms with Crippen molar-refractivity contribution in [2.24, 2.45) is 10.8 Å². The quantitative estimate of drug-likeness (QED) is 0.883. The minimum absolute atomic E-state index is 0.314. The van der Waals surface area contributed by atoms with Gasteiger partial charge in [0.2, 0.25) is 0 Å². The normalized spacial score (nSPS) is 21.6. The number of hydrogen-bond acceptors (Lipinski definition) is 4. The molecule has 2 rings (SSSR count). The zero-order valence-electron chi connectivity index (χ0n) is 12.2. The Morgan fingerprint density at radius 1 is 1.16 bits per heavy atom. The van der Waals surface area contributed by atoms with E-state index in [2.05, 4.69) is 49.0 Å². The average molecular weight is 258 g/mol. The third kappa shape index (κ3) is 3.44. The van der Waals surface area contributed by atoms with E-state index < -0.39 is 0 Å². The van der Waals surface area contributed by atoms with E-state index >= 15 is 0 Å². The van der Waals surface area contributed by atoms with Crippen LogP contribution in [0.15, 0.2) is 12.4 Å². The van der Waals surface area contributed by atoms with Crippen molar-refractivity contribution in [1.82, 2.24) is 9.97 Å². The molecular formula is C15H22N4. The highest BCUT2D eigenvalue weighted by Crippen LogP contribution is 2.46. The summed E-state index contributed by atoms with van der Waals surface area (Å²) in [5.74, 6) is 0.614. The van der Waals surface area contributed by atoms with Crippen molar-refractivity contribution in [2.75, 3.05) is 5.32 Å². The van der Waals surface area contributed by atoms with Crippen LogP contribution in [0.1, 0.15) is 52.7 Å². The molecule has 4 nitrogen and oxygen atoms in total. The van der Waals surface area contributed by atoms with Gasteiger partial charge in [-0.1, -0.05) is 27.7 Å². The largest absolute Gasteiger partial charge is 0.365 e. The molecule has 0 aromatic carbocycles. The topological polar surface area (TPSA) is 61.6 Å². The molecule has 0 radical (unpaired) electrons. The summed E-state index contributed by atoms with van der Waals surface area (Å²) in [7, 11) is 0. The molecule has 0 atom stereocenters. The van der Waals surface area contributed by atoms with Gasteiger partial charge in [-0.3, -0.25) is 0 Å². The lowest BCUT2D eigenvalue weighted by atomic mass is 9.63. The fourth-order valence-corrected chi connectivity index (χ4v) is 3.67. The summed E-state index contributed by atoms with van der Waals surface area (Å²) in [6, 6.07) is 2.44. The second-order valence-corrected chi connectivity index (χ2v) is 7.12. The molecule has 1 fully saturated rings. The lowest BCUT2D eigenvalue weighted by Crippen LogP contribution is -2.40. The van der Waals surface area contributed by atoms with Gasteiger partial charge < -0.3 is 5.32 Å². The number of nitriles is 1. The highest BCUT2D eigenvalue weighted by molar-refractivity contribution is 5.47. The summed E-state index contributed by atoms with van der Waals surface area (Å²) < 4.78 is 0. The Bertz CT molecular complexity index is 483. The first-order valence-electron chi connectivity index (χ1n) is 6.79. The lowest BCUT2D eigenvalue weighted by Gasteiger charge is -2.45. The van der Waals surface area contributed by atoms with E-state index in [1.807, 2.05) is 0 Å². The number of aromatic nitrogens is 2. The summed E-state index contributed by atoms with van der Waals surface area (Å²) in [5.41, 5.74) is 1.01. The van der Waals surface area contributed by atoms with Crippen molar-refractivity contribution in [3.05, 3.63) is 18.1 Å².